The van der Waals surface area contributed by atoms with E-state index >= 15 is 0 Å². The van der Waals surface area contributed by atoms with Crippen LogP contribution in [0, 0.1) is 13.8 Å². The number of nitrogens with one attached hydrogen (secondary N) is 1. The molecular weight excluding hydrogens is 362 g/mol. The molecule has 2 aromatic rings. The second-order valence-corrected chi connectivity index (χ2v) is 7.27. The van der Waals surface area contributed by atoms with Crippen molar-refractivity contribution in [3.8, 4) is 0 Å². The Balaban J connectivity index is 1.99. The highest BCUT2D eigenvalue weighted by molar-refractivity contribution is 7.98. The summed E-state index contributed by atoms with van der Waals surface area (Å²) in [7, 11) is 0. The highest BCUT2D eigenvalue weighted by Crippen LogP contribution is 2.22. The molecule has 0 aliphatic heterocycles. The molecule has 0 unspecified atom stereocenters. The number of carbonyl (C=O) groups is 2. The van der Waals surface area contributed by atoms with Gasteiger partial charge in [0.1, 0.15) is 0 Å². The summed E-state index contributed by atoms with van der Waals surface area (Å²) < 4.78 is 5.17. The van der Waals surface area contributed by atoms with E-state index in [4.69, 9.17) is 4.74 Å². The van der Waals surface area contributed by atoms with Gasteiger partial charge in [-0.05, 0) is 44.9 Å². The number of thioether (sulfide) groups is 1. The van der Waals surface area contributed by atoms with E-state index in [2.05, 4.69) is 15.3 Å². The molecule has 1 amide bonds. The van der Waals surface area contributed by atoms with E-state index in [1.165, 1.54) is 11.8 Å². The van der Waals surface area contributed by atoms with Crippen molar-refractivity contribution >= 4 is 23.6 Å². The summed E-state index contributed by atoms with van der Waals surface area (Å²) in [5.74, 6) is -0.271. The maximum atomic E-state index is 12.4. The van der Waals surface area contributed by atoms with Gasteiger partial charge in [-0.15, -0.1) is 0 Å². The Morgan fingerprint density at radius 3 is 2.52 bits per heavy atom. The van der Waals surface area contributed by atoms with Crippen LogP contribution in [-0.4, -0.2) is 34.5 Å². The van der Waals surface area contributed by atoms with Crippen molar-refractivity contribution in [3.05, 3.63) is 52.8 Å². The number of carbonyl (C=O) groups excluding carboxylic acids is 2. The largest absolute Gasteiger partial charge is 0.452 e. The van der Waals surface area contributed by atoms with Crippen LogP contribution in [-0.2, 0) is 15.3 Å². The van der Waals surface area contributed by atoms with Crippen molar-refractivity contribution in [2.75, 3.05) is 6.61 Å². The minimum Gasteiger partial charge on any atom is -0.452 e. The molecule has 0 fully saturated rings. The molecule has 0 aliphatic rings. The van der Waals surface area contributed by atoms with E-state index < -0.39 is 5.97 Å². The van der Waals surface area contributed by atoms with Crippen LogP contribution in [0.1, 0.15) is 47.6 Å². The van der Waals surface area contributed by atoms with Crippen molar-refractivity contribution in [3.63, 3.8) is 0 Å². The fraction of sp³-hybridized carbons (Fsp3) is 0.400. The molecule has 1 heterocycles. The molecule has 0 aliphatic carbocycles. The smallest absolute Gasteiger partial charge is 0.338 e. The SMILES string of the molecule is CC[C@@H](C)NC(=O)COC(=O)c1ccccc1CSc1nc(C)cc(C)n1. The van der Waals surface area contributed by atoms with Crippen LogP contribution in [0.2, 0.25) is 0 Å². The van der Waals surface area contributed by atoms with Crippen molar-refractivity contribution in [1.29, 1.82) is 0 Å². The van der Waals surface area contributed by atoms with E-state index in [-0.39, 0.29) is 18.6 Å². The molecule has 6 nitrogen and oxygen atoms in total. The summed E-state index contributed by atoms with van der Waals surface area (Å²) in [5.41, 5.74) is 3.08. The molecule has 2 rings (SSSR count). The summed E-state index contributed by atoms with van der Waals surface area (Å²) in [5, 5.41) is 3.44. The van der Waals surface area contributed by atoms with Gasteiger partial charge in [0.2, 0.25) is 0 Å². The highest BCUT2D eigenvalue weighted by Gasteiger charge is 2.15. The second kappa shape index (κ2) is 10.1. The summed E-state index contributed by atoms with van der Waals surface area (Å²) in [6.07, 6.45) is 0.820. The fourth-order valence-electron chi connectivity index (χ4n) is 2.37. The molecule has 27 heavy (non-hydrogen) atoms. The van der Waals surface area contributed by atoms with Crippen LogP contribution in [0.15, 0.2) is 35.5 Å². The molecular formula is C20H25N3O3S. The first-order valence-corrected chi connectivity index (χ1v) is 9.87. The quantitative estimate of drug-likeness (QED) is 0.424. The number of rotatable bonds is 8. The van der Waals surface area contributed by atoms with Crippen LogP contribution >= 0.6 is 11.8 Å². The van der Waals surface area contributed by atoms with Crippen molar-refractivity contribution < 1.29 is 14.3 Å². The van der Waals surface area contributed by atoms with Crippen LogP contribution in [0.3, 0.4) is 0 Å². The zero-order valence-corrected chi connectivity index (χ0v) is 16.9. The maximum Gasteiger partial charge on any atom is 0.338 e. The third-order valence-corrected chi connectivity index (χ3v) is 4.81. The van der Waals surface area contributed by atoms with Gasteiger partial charge < -0.3 is 10.1 Å². The molecule has 1 aromatic heterocycles. The van der Waals surface area contributed by atoms with Crippen molar-refractivity contribution in [2.45, 2.75) is 51.1 Å². The zero-order valence-electron chi connectivity index (χ0n) is 16.1. The van der Waals surface area contributed by atoms with Crippen LogP contribution in [0.4, 0.5) is 0 Å². The third-order valence-electron chi connectivity index (χ3n) is 3.91. The molecule has 7 heteroatoms. The predicted octanol–water partition coefficient (Wildman–Crippen LogP) is 3.46. The first-order valence-electron chi connectivity index (χ1n) is 8.88. The van der Waals surface area contributed by atoms with Gasteiger partial charge in [-0.3, -0.25) is 4.79 Å². The normalized spacial score (nSPS) is 11.7. The Kier molecular flexibility index (Phi) is 7.79. The van der Waals surface area contributed by atoms with Gasteiger partial charge in [-0.1, -0.05) is 36.9 Å². The number of ether oxygens (including phenoxy) is 1. The van der Waals surface area contributed by atoms with E-state index in [1.54, 1.807) is 12.1 Å². The lowest BCUT2D eigenvalue weighted by atomic mass is 10.1. The number of amides is 1. The Morgan fingerprint density at radius 1 is 1.19 bits per heavy atom. The summed E-state index contributed by atoms with van der Waals surface area (Å²) in [6.45, 7) is 7.44. The van der Waals surface area contributed by atoms with Crippen LogP contribution in [0.25, 0.3) is 0 Å². The molecule has 0 saturated carbocycles. The average Bonchev–Trinajstić information content (AvgIpc) is 2.63. The van der Waals surface area contributed by atoms with Gasteiger partial charge >= 0.3 is 5.97 Å². The molecule has 1 atom stereocenters. The Hall–Kier alpha value is -2.41. The van der Waals surface area contributed by atoms with E-state index in [0.29, 0.717) is 16.5 Å². The topological polar surface area (TPSA) is 81.2 Å². The number of benzene rings is 1. The van der Waals surface area contributed by atoms with Crippen LogP contribution in [0.5, 0.6) is 0 Å². The fourth-order valence-corrected chi connectivity index (χ4v) is 3.33. The Labute approximate surface area is 164 Å². The number of hydrogen-bond donors (Lipinski definition) is 1. The average molecular weight is 388 g/mol. The molecule has 0 bridgehead atoms. The van der Waals surface area contributed by atoms with E-state index in [1.807, 2.05) is 45.9 Å². The molecule has 0 saturated heterocycles. The van der Waals surface area contributed by atoms with Gasteiger partial charge in [0.15, 0.2) is 11.8 Å². The summed E-state index contributed by atoms with van der Waals surface area (Å²) in [6, 6.07) is 9.18. The van der Waals surface area contributed by atoms with Crippen molar-refractivity contribution in [2.24, 2.45) is 0 Å². The number of aromatic nitrogens is 2. The lowest BCUT2D eigenvalue weighted by molar-refractivity contribution is -0.124. The maximum absolute atomic E-state index is 12.4. The van der Waals surface area contributed by atoms with Gasteiger partial charge in [0.05, 0.1) is 5.56 Å². The third kappa shape index (κ3) is 6.67. The predicted molar refractivity (Wildman–Crippen MR) is 106 cm³/mol. The monoisotopic (exact) mass is 387 g/mol. The van der Waals surface area contributed by atoms with Gasteiger partial charge in [-0.25, -0.2) is 14.8 Å². The van der Waals surface area contributed by atoms with Gasteiger partial charge in [0.25, 0.3) is 5.91 Å². The number of hydrogen-bond acceptors (Lipinski definition) is 6. The number of esters is 1. The molecule has 0 spiro atoms. The van der Waals surface area contributed by atoms with Crippen LogP contribution < -0.4 is 5.32 Å². The summed E-state index contributed by atoms with van der Waals surface area (Å²) in [4.78, 5) is 33.0. The molecule has 1 aromatic carbocycles. The van der Waals surface area contributed by atoms with Gasteiger partial charge in [0, 0.05) is 23.2 Å². The van der Waals surface area contributed by atoms with Crippen molar-refractivity contribution in [1.82, 2.24) is 15.3 Å². The minimum absolute atomic E-state index is 0.0534. The number of aryl methyl sites for hydroxylation is 2. The Bertz CT molecular complexity index is 791. The molecule has 1 N–H and O–H groups in total. The molecule has 144 valence electrons. The summed E-state index contributed by atoms with van der Waals surface area (Å²) >= 11 is 1.46. The highest BCUT2D eigenvalue weighted by atomic mass is 32.2. The lowest BCUT2D eigenvalue weighted by Gasteiger charge is -2.12. The zero-order chi connectivity index (χ0) is 19.8. The van der Waals surface area contributed by atoms with Gasteiger partial charge in [-0.2, -0.15) is 0 Å². The molecule has 0 radical (unpaired) electrons. The lowest BCUT2D eigenvalue weighted by Crippen LogP contribution is -2.35. The first kappa shape index (κ1) is 20.9. The van der Waals surface area contributed by atoms with E-state index in [9.17, 15) is 9.59 Å². The Morgan fingerprint density at radius 2 is 1.85 bits per heavy atom. The number of nitrogens with zero attached hydrogens (tertiary/aromatic N) is 2. The first-order chi connectivity index (χ1) is 12.9. The second-order valence-electron chi connectivity index (χ2n) is 6.33. The minimum atomic E-state index is -0.508. The van der Waals surface area contributed by atoms with E-state index in [0.717, 1.165) is 23.4 Å². The standard InChI is InChI=1S/C20H25N3O3S/c1-5-13(2)21-18(24)11-26-19(25)17-9-7-6-8-16(17)12-27-20-22-14(3)10-15(4)23-20/h6-10,13H,5,11-12H2,1-4H3,(H,21,24)/t13-/m1/s1.